The lowest BCUT2D eigenvalue weighted by Crippen LogP contribution is -2.23. The second kappa shape index (κ2) is 6.45. The van der Waals surface area contributed by atoms with Gasteiger partial charge in [0.15, 0.2) is 9.84 Å². The summed E-state index contributed by atoms with van der Waals surface area (Å²) in [5.41, 5.74) is 3.51. The van der Waals surface area contributed by atoms with E-state index >= 15 is 0 Å². The van der Waals surface area contributed by atoms with Crippen molar-refractivity contribution < 1.29 is 22.7 Å². The van der Waals surface area contributed by atoms with Gasteiger partial charge < -0.3 is 5.11 Å². The number of sulfone groups is 1. The molecule has 3 rings (SSSR count). The first-order chi connectivity index (χ1) is 11.8. The highest BCUT2D eigenvalue weighted by Crippen LogP contribution is 2.27. The number of halogens is 2. The van der Waals surface area contributed by atoms with Gasteiger partial charge in [-0.3, -0.25) is 5.43 Å². The van der Waals surface area contributed by atoms with Crippen LogP contribution < -0.4 is 5.43 Å². The monoisotopic (exact) mass is 382 g/mol. The second-order valence-electron chi connectivity index (χ2n) is 5.38. The number of hydrogen-bond donors (Lipinski definition) is 2. The van der Waals surface area contributed by atoms with Crippen molar-refractivity contribution >= 4 is 38.8 Å². The van der Waals surface area contributed by atoms with Crippen molar-refractivity contribution in [1.82, 2.24) is 0 Å². The highest BCUT2D eigenvalue weighted by molar-refractivity contribution is 7.91. The Balaban J connectivity index is 1.97. The van der Waals surface area contributed by atoms with Crippen LogP contribution in [0.2, 0.25) is 5.02 Å². The van der Waals surface area contributed by atoms with Gasteiger partial charge in [-0.2, -0.15) is 5.10 Å². The lowest BCUT2D eigenvalue weighted by atomic mass is 10.1. The van der Waals surface area contributed by atoms with E-state index in [-0.39, 0.29) is 33.2 Å². The first-order valence-electron chi connectivity index (χ1n) is 7.16. The number of nitrogens with zero attached hydrogens (tertiary/aromatic N) is 1. The number of carbonyl (C=O) groups is 1. The van der Waals surface area contributed by atoms with E-state index in [9.17, 15) is 17.6 Å². The Kier molecular flexibility index (Phi) is 4.49. The molecule has 0 aromatic heterocycles. The normalized spacial score (nSPS) is 17.1. The van der Waals surface area contributed by atoms with Crippen molar-refractivity contribution in [1.29, 1.82) is 0 Å². The van der Waals surface area contributed by atoms with Gasteiger partial charge in [0.2, 0.25) is 0 Å². The van der Waals surface area contributed by atoms with Crippen molar-refractivity contribution in [2.45, 2.75) is 11.3 Å². The maximum absolute atomic E-state index is 13.5. The summed E-state index contributed by atoms with van der Waals surface area (Å²) in [6, 6.07) is 7.68. The summed E-state index contributed by atoms with van der Waals surface area (Å²) in [6.07, 6.45) is 0.116. The van der Waals surface area contributed by atoms with Gasteiger partial charge in [-0.15, -0.1) is 0 Å². The van der Waals surface area contributed by atoms with Gasteiger partial charge in [0, 0.05) is 12.0 Å². The summed E-state index contributed by atoms with van der Waals surface area (Å²) in [5.74, 6) is -1.88. The molecule has 0 fully saturated rings. The average molecular weight is 383 g/mol. The van der Waals surface area contributed by atoms with Crippen LogP contribution in [0.1, 0.15) is 22.3 Å². The van der Waals surface area contributed by atoms with E-state index in [4.69, 9.17) is 16.7 Å². The average Bonchev–Trinajstić information content (AvgIpc) is 2.55. The third kappa shape index (κ3) is 3.49. The molecule has 1 aliphatic heterocycles. The standard InChI is InChI=1S/C16H12ClFN2O4S/c17-13-3-2-10(8-11(13)16(21)22)19-20-14-5-6-25(23,24)15-4-1-9(18)7-12(14)15/h1-4,7-8,19H,5-6H2,(H,21,22)/b20-14-. The molecule has 0 bridgehead atoms. The number of nitrogens with one attached hydrogen (secondary N) is 1. The summed E-state index contributed by atoms with van der Waals surface area (Å²) in [6.45, 7) is 0. The Morgan fingerprint density at radius 1 is 1.24 bits per heavy atom. The van der Waals surface area contributed by atoms with Crippen molar-refractivity contribution in [2.75, 3.05) is 11.2 Å². The van der Waals surface area contributed by atoms with Gasteiger partial charge in [-0.05, 0) is 36.4 Å². The minimum atomic E-state index is -3.47. The van der Waals surface area contributed by atoms with Crippen molar-refractivity contribution in [3.8, 4) is 0 Å². The quantitative estimate of drug-likeness (QED) is 0.628. The van der Waals surface area contributed by atoms with Crippen LogP contribution in [0.15, 0.2) is 46.4 Å². The zero-order valence-electron chi connectivity index (χ0n) is 12.7. The summed E-state index contributed by atoms with van der Waals surface area (Å²) in [4.78, 5) is 11.1. The molecule has 1 heterocycles. The molecule has 130 valence electrons. The van der Waals surface area contributed by atoms with Gasteiger partial charge in [-0.1, -0.05) is 11.6 Å². The molecule has 0 amide bonds. The molecule has 9 heteroatoms. The second-order valence-corrected chi connectivity index (χ2v) is 7.86. The SMILES string of the molecule is O=C(O)c1cc(N/N=C2/CCS(=O)(=O)c3ccc(F)cc32)ccc1Cl. The maximum Gasteiger partial charge on any atom is 0.337 e. The smallest absolute Gasteiger partial charge is 0.337 e. The van der Waals surface area contributed by atoms with Crippen LogP contribution >= 0.6 is 11.6 Å². The van der Waals surface area contributed by atoms with E-state index in [1.165, 1.54) is 24.3 Å². The summed E-state index contributed by atoms with van der Waals surface area (Å²) < 4.78 is 37.7. The number of carboxylic acid groups (broad SMARTS) is 1. The molecule has 2 aromatic carbocycles. The van der Waals surface area contributed by atoms with Crippen LogP contribution in [0.4, 0.5) is 10.1 Å². The lowest BCUT2D eigenvalue weighted by molar-refractivity contribution is 0.0697. The summed E-state index contributed by atoms with van der Waals surface area (Å²) in [5, 5.41) is 13.3. The van der Waals surface area contributed by atoms with Crippen molar-refractivity contribution in [2.24, 2.45) is 5.10 Å². The largest absolute Gasteiger partial charge is 0.478 e. The molecule has 2 N–H and O–H groups in total. The molecule has 6 nitrogen and oxygen atoms in total. The topological polar surface area (TPSA) is 95.8 Å². The highest BCUT2D eigenvalue weighted by atomic mass is 35.5. The summed E-state index contributed by atoms with van der Waals surface area (Å²) >= 11 is 5.80. The third-order valence-electron chi connectivity index (χ3n) is 3.71. The van der Waals surface area contributed by atoms with E-state index < -0.39 is 21.6 Å². The first kappa shape index (κ1) is 17.4. The number of anilines is 1. The van der Waals surface area contributed by atoms with Crippen LogP contribution in [-0.4, -0.2) is 31.0 Å². The molecule has 2 aromatic rings. The molecule has 0 aliphatic carbocycles. The number of aromatic carboxylic acids is 1. The van der Waals surface area contributed by atoms with E-state index in [0.29, 0.717) is 11.4 Å². The van der Waals surface area contributed by atoms with Crippen LogP contribution in [0, 0.1) is 5.82 Å². The Morgan fingerprint density at radius 3 is 2.72 bits per heavy atom. The molecule has 0 atom stereocenters. The number of carboxylic acids is 1. The molecule has 0 radical (unpaired) electrons. The van der Waals surface area contributed by atoms with E-state index in [2.05, 4.69) is 10.5 Å². The van der Waals surface area contributed by atoms with Gasteiger partial charge in [0.25, 0.3) is 0 Å². The molecule has 0 unspecified atom stereocenters. The Labute approximate surface area is 147 Å². The lowest BCUT2D eigenvalue weighted by Gasteiger charge is -2.18. The summed E-state index contributed by atoms with van der Waals surface area (Å²) in [7, 11) is -3.47. The molecule has 25 heavy (non-hydrogen) atoms. The minimum absolute atomic E-state index is 0.0306. The highest BCUT2D eigenvalue weighted by Gasteiger charge is 2.28. The predicted molar refractivity (Wildman–Crippen MR) is 91.6 cm³/mol. The number of fused-ring (bicyclic) bond motifs is 1. The Bertz CT molecular complexity index is 1010. The third-order valence-corrected chi connectivity index (χ3v) is 5.81. The van der Waals surface area contributed by atoms with Crippen LogP contribution in [0.25, 0.3) is 0 Å². The fourth-order valence-corrected chi connectivity index (χ4v) is 4.15. The zero-order chi connectivity index (χ0) is 18.2. The van der Waals surface area contributed by atoms with Gasteiger partial charge >= 0.3 is 5.97 Å². The molecule has 0 saturated carbocycles. The number of hydrogen-bond acceptors (Lipinski definition) is 5. The molecule has 0 spiro atoms. The van der Waals surface area contributed by atoms with E-state index in [1.807, 2.05) is 0 Å². The van der Waals surface area contributed by atoms with Gasteiger partial charge in [0.05, 0.1) is 32.6 Å². The van der Waals surface area contributed by atoms with Crippen molar-refractivity contribution in [3.63, 3.8) is 0 Å². The minimum Gasteiger partial charge on any atom is -0.478 e. The zero-order valence-corrected chi connectivity index (χ0v) is 14.2. The maximum atomic E-state index is 13.5. The number of rotatable bonds is 3. The first-order valence-corrected chi connectivity index (χ1v) is 9.19. The molecule has 0 saturated heterocycles. The Hall–Kier alpha value is -2.45. The fourth-order valence-electron chi connectivity index (χ4n) is 2.48. The van der Waals surface area contributed by atoms with E-state index in [1.54, 1.807) is 0 Å². The van der Waals surface area contributed by atoms with Crippen molar-refractivity contribution in [3.05, 3.63) is 58.4 Å². The van der Waals surface area contributed by atoms with E-state index in [0.717, 1.165) is 12.1 Å². The van der Waals surface area contributed by atoms with Crippen LogP contribution in [-0.2, 0) is 9.84 Å². The predicted octanol–water partition coefficient (Wildman–Crippen LogP) is 3.17. The van der Waals surface area contributed by atoms with Crippen LogP contribution in [0.5, 0.6) is 0 Å². The fraction of sp³-hybridized carbons (Fsp3) is 0.125. The Morgan fingerprint density at radius 2 is 2.00 bits per heavy atom. The number of hydrazone groups is 1. The number of benzene rings is 2. The van der Waals surface area contributed by atoms with Gasteiger partial charge in [0.1, 0.15) is 5.82 Å². The van der Waals surface area contributed by atoms with Crippen LogP contribution in [0.3, 0.4) is 0 Å². The molecular weight excluding hydrogens is 371 g/mol. The molecule has 1 aliphatic rings. The van der Waals surface area contributed by atoms with Gasteiger partial charge in [-0.25, -0.2) is 17.6 Å². The molecular formula is C16H12ClFN2O4S.